The number of benzene rings is 2. The normalized spacial score (nSPS) is 11.8. The number of aryl methyl sites for hydroxylation is 1. The number of rotatable bonds is 10. The molecular weight excluding hydrogens is 366 g/mol. The standard InChI is InChI=1S/C21H26ClNO2S/c1-3-20(26-19-13-9-17(22)10-14-19)21(24)23-15-5-6-16-7-11-18(12-8-16)25-4-2/h7-14,20H,3-6,15H2,1-2H3,(H,23,24)/t20-/m0/s1. The molecule has 0 aliphatic carbocycles. The third kappa shape index (κ3) is 6.93. The van der Waals surface area contributed by atoms with Crippen molar-refractivity contribution in [2.45, 2.75) is 43.3 Å². The monoisotopic (exact) mass is 391 g/mol. The van der Waals surface area contributed by atoms with Crippen LogP contribution in [0, 0.1) is 0 Å². The van der Waals surface area contributed by atoms with Crippen molar-refractivity contribution in [2.24, 2.45) is 0 Å². The average Bonchev–Trinajstić information content (AvgIpc) is 2.66. The molecule has 2 aromatic carbocycles. The van der Waals surface area contributed by atoms with Gasteiger partial charge in [-0.2, -0.15) is 0 Å². The molecule has 0 aliphatic heterocycles. The topological polar surface area (TPSA) is 38.3 Å². The van der Waals surface area contributed by atoms with E-state index in [1.54, 1.807) is 11.8 Å². The lowest BCUT2D eigenvalue weighted by atomic mass is 10.1. The number of thioether (sulfide) groups is 1. The minimum Gasteiger partial charge on any atom is -0.494 e. The van der Waals surface area contributed by atoms with Crippen molar-refractivity contribution in [3.8, 4) is 5.75 Å². The number of carbonyl (C=O) groups excluding carboxylic acids is 1. The van der Waals surface area contributed by atoms with E-state index >= 15 is 0 Å². The highest BCUT2D eigenvalue weighted by Gasteiger charge is 2.17. The van der Waals surface area contributed by atoms with Crippen LogP contribution < -0.4 is 10.1 Å². The van der Waals surface area contributed by atoms with E-state index in [9.17, 15) is 4.79 Å². The Balaban J connectivity index is 1.73. The Kier molecular flexibility index (Phi) is 8.86. The summed E-state index contributed by atoms with van der Waals surface area (Å²) in [7, 11) is 0. The van der Waals surface area contributed by atoms with Crippen molar-refractivity contribution in [1.29, 1.82) is 0 Å². The summed E-state index contributed by atoms with van der Waals surface area (Å²) in [6, 6.07) is 15.8. The van der Waals surface area contributed by atoms with Crippen LogP contribution in [-0.2, 0) is 11.2 Å². The van der Waals surface area contributed by atoms with Crippen LogP contribution in [0.25, 0.3) is 0 Å². The summed E-state index contributed by atoms with van der Waals surface area (Å²) in [5.74, 6) is 0.994. The van der Waals surface area contributed by atoms with E-state index in [-0.39, 0.29) is 11.2 Å². The fourth-order valence-corrected chi connectivity index (χ4v) is 3.64. The molecule has 0 bridgehead atoms. The lowest BCUT2D eigenvalue weighted by Gasteiger charge is -2.15. The quantitative estimate of drug-likeness (QED) is 0.437. The minimum atomic E-state index is -0.0818. The molecule has 0 radical (unpaired) electrons. The summed E-state index contributed by atoms with van der Waals surface area (Å²) in [4.78, 5) is 13.5. The number of ether oxygens (including phenoxy) is 1. The largest absolute Gasteiger partial charge is 0.494 e. The van der Waals surface area contributed by atoms with E-state index in [4.69, 9.17) is 16.3 Å². The van der Waals surface area contributed by atoms with Crippen LogP contribution in [0.2, 0.25) is 5.02 Å². The molecular formula is C21H26ClNO2S. The lowest BCUT2D eigenvalue weighted by molar-refractivity contribution is -0.120. The van der Waals surface area contributed by atoms with Gasteiger partial charge in [0.25, 0.3) is 0 Å². The first-order valence-electron chi connectivity index (χ1n) is 9.04. The highest BCUT2D eigenvalue weighted by molar-refractivity contribution is 8.00. The van der Waals surface area contributed by atoms with E-state index in [1.807, 2.05) is 50.2 Å². The van der Waals surface area contributed by atoms with Gasteiger partial charge in [-0.15, -0.1) is 11.8 Å². The Bertz CT molecular complexity index is 673. The maximum atomic E-state index is 12.4. The van der Waals surface area contributed by atoms with E-state index in [2.05, 4.69) is 17.4 Å². The van der Waals surface area contributed by atoms with Crippen LogP contribution in [-0.4, -0.2) is 24.3 Å². The summed E-state index contributed by atoms with van der Waals surface area (Å²) < 4.78 is 5.45. The van der Waals surface area contributed by atoms with Gasteiger partial charge < -0.3 is 10.1 Å². The third-order valence-corrected chi connectivity index (χ3v) is 5.56. The molecule has 1 amide bonds. The van der Waals surface area contributed by atoms with Gasteiger partial charge in [0.15, 0.2) is 0 Å². The highest BCUT2D eigenvalue weighted by atomic mass is 35.5. The predicted octanol–water partition coefficient (Wildman–Crippen LogP) is 5.36. The van der Waals surface area contributed by atoms with E-state index in [0.29, 0.717) is 18.2 Å². The van der Waals surface area contributed by atoms with Gasteiger partial charge in [-0.25, -0.2) is 0 Å². The third-order valence-electron chi connectivity index (χ3n) is 3.93. The maximum Gasteiger partial charge on any atom is 0.233 e. The van der Waals surface area contributed by atoms with Crippen molar-refractivity contribution in [3.05, 3.63) is 59.1 Å². The Hall–Kier alpha value is -1.65. The highest BCUT2D eigenvalue weighted by Crippen LogP contribution is 2.26. The van der Waals surface area contributed by atoms with Gasteiger partial charge in [-0.05, 0) is 68.1 Å². The van der Waals surface area contributed by atoms with Crippen LogP contribution >= 0.6 is 23.4 Å². The zero-order valence-corrected chi connectivity index (χ0v) is 16.9. The summed E-state index contributed by atoms with van der Waals surface area (Å²) in [6.45, 7) is 5.38. The number of hydrogen-bond acceptors (Lipinski definition) is 3. The molecule has 0 unspecified atom stereocenters. The number of halogens is 1. The number of nitrogens with one attached hydrogen (secondary N) is 1. The van der Waals surface area contributed by atoms with Crippen molar-refractivity contribution < 1.29 is 9.53 Å². The molecule has 26 heavy (non-hydrogen) atoms. The fraction of sp³-hybridized carbons (Fsp3) is 0.381. The smallest absolute Gasteiger partial charge is 0.233 e. The molecule has 3 nitrogen and oxygen atoms in total. The van der Waals surface area contributed by atoms with Crippen molar-refractivity contribution in [2.75, 3.05) is 13.2 Å². The van der Waals surface area contributed by atoms with Crippen LogP contribution in [0.3, 0.4) is 0 Å². The first-order chi connectivity index (χ1) is 12.6. The molecule has 0 saturated heterocycles. The molecule has 2 rings (SSSR count). The van der Waals surface area contributed by atoms with Crippen LogP contribution in [0.15, 0.2) is 53.4 Å². The molecule has 1 N–H and O–H groups in total. The molecule has 1 atom stereocenters. The van der Waals surface area contributed by atoms with Crippen LogP contribution in [0.1, 0.15) is 32.3 Å². The van der Waals surface area contributed by atoms with Gasteiger partial charge in [0.05, 0.1) is 11.9 Å². The van der Waals surface area contributed by atoms with E-state index in [1.165, 1.54) is 5.56 Å². The number of carbonyl (C=O) groups is 1. The zero-order chi connectivity index (χ0) is 18.8. The Labute approximate surface area is 165 Å². The average molecular weight is 392 g/mol. The molecule has 2 aromatic rings. The second-order valence-electron chi connectivity index (χ2n) is 5.94. The summed E-state index contributed by atoms with van der Waals surface area (Å²) >= 11 is 7.49. The molecule has 0 aromatic heterocycles. The van der Waals surface area contributed by atoms with Gasteiger partial charge in [-0.3, -0.25) is 4.79 Å². The van der Waals surface area contributed by atoms with Gasteiger partial charge in [0.1, 0.15) is 5.75 Å². The number of amides is 1. The van der Waals surface area contributed by atoms with Crippen LogP contribution in [0.5, 0.6) is 5.75 Å². The first-order valence-corrected chi connectivity index (χ1v) is 10.3. The lowest BCUT2D eigenvalue weighted by Crippen LogP contribution is -2.33. The second kappa shape index (κ2) is 11.1. The summed E-state index contributed by atoms with van der Waals surface area (Å²) in [6.07, 6.45) is 2.65. The summed E-state index contributed by atoms with van der Waals surface area (Å²) in [5.41, 5.74) is 1.25. The Morgan fingerprint density at radius 2 is 1.81 bits per heavy atom. The zero-order valence-electron chi connectivity index (χ0n) is 15.3. The Morgan fingerprint density at radius 3 is 2.42 bits per heavy atom. The first kappa shape index (κ1) is 20.7. The van der Waals surface area contributed by atoms with E-state index in [0.717, 1.165) is 29.9 Å². The van der Waals surface area contributed by atoms with Gasteiger partial charge >= 0.3 is 0 Å². The summed E-state index contributed by atoms with van der Waals surface area (Å²) in [5, 5.41) is 3.68. The van der Waals surface area contributed by atoms with Crippen molar-refractivity contribution in [1.82, 2.24) is 5.32 Å². The fourth-order valence-electron chi connectivity index (χ4n) is 2.54. The Morgan fingerprint density at radius 1 is 1.12 bits per heavy atom. The molecule has 0 spiro atoms. The predicted molar refractivity (Wildman–Crippen MR) is 110 cm³/mol. The SMILES string of the molecule is CCOc1ccc(CCCNC(=O)[C@H](CC)Sc2ccc(Cl)cc2)cc1. The molecule has 140 valence electrons. The van der Waals surface area contributed by atoms with E-state index < -0.39 is 0 Å². The van der Waals surface area contributed by atoms with Crippen LogP contribution in [0.4, 0.5) is 0 Å². The molecule has 5 heteroatoms. The molecule has 0 heterocycles. The number of hydrogen-bond donors (Lipinski definition) is 1. The van der Waals surface area contributed by atoms with Gasteiger partial charge in [0.2, 0.25) is 5.91 Å². The van der Waals surface area contributed by atoms with Crippen molar-refractivity contribution >= 4 is 29.3 Å². The minimum absolute atomic E-state index is 0.0818. The van der Waals surface area contributed by atoms with Crippen molar-refractivity contribution in [3.63, 3.8) is 0 Å². The van der Waals surface area contributed by atoms with Gasteiger partial charge in [-0.1, -0.05) is 30.7 Å². The second-order valence-corrected chi connectivity index (χ2v) is 7.65. The molecule has 0 aliphatic rings. The van der Waals surface area contributed by atoms with Gasteiger partial charge in [0, 0.05) is 16.5 Å². The maximum absolute atomic E-state index is 12.4. The molecule has 0 saturated carbocycles. The molecule has 0 fully saturated rings.